The van der Waals surface area contributed by atoms with Gasteiger partial charge in [0.25, 0.3) is 0 Å². The zero-order valence-electron chi connectivity index (χ0n) is 11.8. The van der Waals surface area contributed by atoms with Crippen LogP contribution in [-0.4, -0.2) is 57.4 Å². The third-order valence-electron chi connectivity index (χ3n) is 3.69. The fraction of sp³-hybridized carbons (Fsp3) is 0.429. The quantitative estimate of drug-likeness (QED) is 0.807. The lowest BCUT2D eigenvalue weighted by Gasteiger charge is -2.35. The lowest BCUT2D eigenvalue weighted by atomic mass is 10.2. The molecule has 7 nitrogen and oxygen atoms in total. The lowest BCUT2D eigenvalue weighted by molar-refractivity contribution is 0.244. The Morgan fingerprint density at radius 1 is 1.14 bits per heavy atom. The van der Waals surface area contributed by atoms with E-state index < -0.39 is 0 Å². The van der Waals surface area contributed by atoms with Gasteiger partial charge < -0.3 is 4.90 Å². The van der Waals surface area contributed by atoms with E-state index in [2.05, 4.69) is 30.9 Å². The summed E-state index contributed by atoms with van der Waals surface area (Å²) < 4.78 is 1.86. The molecule has 2 aromatic rings. The van der Waals surface area contributed by atoms with E-state index in [4.69, 9.17) is 5.26 Å². The van der Waals surface area contributed by atoms with Gasteiger partial charge in [-0.1, -0.05) is 0 Å². The molecule has 0 spiro atoms. The molecule has 0 N–H and O–H groups in total. The van der Waals surface area contributed by atoms with Crippen molar-refractivity contribution in [3.63, 3.8) is 0 Å². The molecule has 1 saturated heterocycles. The second-order valence-corrected chi connectivity index (χ2v) is 5.00. The average molecular weight is 283 g/mol. The van der Waals surface area contributed by atoms with Crippen molar-refractivity contribution in [3.8, 4) is 6.07 Å². The summed E-state index contributed by atoms with van der Waals surface area (Å²) in [6, 6.07) is 5.83. The standard InChI is InChI=1S/C14H17N7/c15-9-13-1-2-14(17-10-13)20-6-3-19(4-7-20)5-8-21-12-16-11-18-21/h1-2,10-12H,3-8H2. The number of aromatic nitrogens is 4. The number of hydrogen-bond donors (Lipinski definition) is 0. The molecule has 7 heteroatoms. The first-order valence-electron chi connectivity index (χ1n) is 7.01. The van der Waals surface area contributed by atoms with Crippen molar-refractivity contribution in [2.24, 2.45) is 0 Å². The maximum Gasteiger partial charge on any atom is 0.137 e. The Hall–Kier alpha value is -2.46. The van der Waals surface area contributed by atoms with Crippen LogP contribution in [0.4, 0.5) is 5.82 Å². The molecular weight excluding hydrogens is 266 g/mol. The normalized spacial score (nSPS) is 15.9. The van der Waals surface area contributed by atoms with E-state index in [-0.39, 0.29) is 0 Å². The Labute approximate surface area is 123 Å². The SMILES string of the molecule is N#Cc1ccc(N2CCN(CCn3cncn3)CC2)nc1. The van der Waals surface area contributed by atoms with Gasteiger partial charge in [-0.2, -0.15) is 10.4 Å². The Kier molecular flexibility index (Phi) is 4.07. The first kappa shape index (κ1) is 13.5. The van der Waals surface area contributed by atoms with E-state index in [1.165, 1.54) is 0 Å². The molecule has 21 heavy (non-hydrogen) atoms. The van der Waals surface area contributed by atoms with Gasteiger partial charge in [-0.3, -0.25) is 9.58 Å². The van der Waals surface area contributed by atoms with Crippen LogP contribution < -0.4 is 4.90 Å². The fourth-order valence-electron chi connectivity index (χ4n) is 2.43. The molecule has 1 fully saturated rings. The van der Waals surface area contributed by atoms with Gasteiger partial charge in [0.2, 0.25) is 0 Å². The molecule has 1 aliphatic heterocycles. The molecule has 0 radical (unpaired) electrons. The van der Waals surface area contributed by atoms with Gasteiger partial charge in [0.1, 0.15) is 24.5 Å². The van der Waals surface area contributed by atoms with Crippen LogP contribution in [0.25, 0.3) is 0 Å². The minimum atomic E-state index is 0.602. The monoisotopic (exact) mass is 283 g/mol. The van der Waals surface area contributed by atoms with Gasteiger partial charge >= 0.3 is 0 Å². The van der Waals surface area contributed by atoms with Crippen LogP contribution in [0.1, 0.15) is 5.56 Å². The van der Waals surface area contributed by atoms with Crippen LogP contribution in [0.5, 0.6) is 0 Å². The van der Waals surface area contributed by atoms with Gasteiger partial charge in [-0.15, -0.1) is 0 Å². The summed E-state index contributed by atoms with van der Waals surface area (Å²) in [6.45, 7) is 5.78. The van der Waals surface area contributed by atoms with Crippen LogP contribution in [0.2, 0.25) is 0 Å². The van der Waals surface area contributed by atoms with Crippen molar-refractivity contribution < 1.29 is 0 Å². The fourth-order valence-corrected chi connectivity index (χ4v) is 2.43. The molecule has 0 bridgehead atoms. The lowest BCUT2D eigenvalue weighted by Crippen LogP contribution is -2.47. The first-order valence-corrected chi connectivity index (χ1v) is 7.01. The maximum atomic E-state index is 8.79. The van der Waals surface area contributed by atoms with E-state index in [1.54, 1.807) is 18.9 Å². The van der Waals surface area contributed by atoms with Gasteiger partial charge in [0.15, 0.2) is 0 Å². The highest BCUT2D eigenvalue weighted by atomic mass is 15.3. The molecular formula is C14H17N7. The van der Waals surface area contributed by atoms with Gasteiger partial charge in [0, 0.05) is 38.9 Å². The molecule has 108 valence electrons. The van der Waals surface area contributed by atoms with E-state index in [9.17, 15) is 0 Å². The van der Waals surface area contributed by atoms with Crippen molar-refractivity contribution in [2.75, 3.05) is 37.6 Å². The van der Waals surface area contributed by atoms with Crippen LogP contribution >= 0.6 is 0 Å². The number of nitriles is 1. The number of hydrogen-bond acceptors (Lipinski definition) is 6. The molecule has 0 atom stereocenters. The summed E-state index contributed by atoms with van der Waals surface area (Å²) in [5, 5.41) is 12.9. The predicted octanol–water partition coefficient (Wildman–Crippen LogP) is 0.367. The third kappa shape index (κ3) is 3.35. The summed E-state index contributed by atoms with van der Waals surface area (Å²) in [5.74, 6) is 0.949. The molecule has 3 heterocycles. The van der Waals surface area contributed by atoms with Gasteiger partial charge in [-0.05, 0) is 12.1 Å². The summed E-state index contributed by atoms with van der Waals surface area (Å²) in [6.07, 6.45) is 4.94. The van der Waals surface area contributed by atoms with E-state index >= 15 is 0 Å². The van der Waals surface area contributed by atoms with E-state index in [0.717, 1.165) is 45.1 Å². The minimum absolute atomic E-state index is 0.602. The minimum Gasteiger partial charge on any atom is -0.354 e. The molecule has 3 rings (SSSR count). The number of rotatable bonds is 4. The van der Waals surface area contributed by atoms with Crippen LogP contribution in [0.15, 0.2) is 31.0 Å². The number of anilines is 1. The molecule has 0 aliphatic carbocycles. The van der Waals surface area contributed by atoms with Crippen molar-refractivity contribution in [1.82, 2.24) is 24.6 Å². The molecule has 0 saturated carbocycles. The zero-order chi connectivity index (χ0) is 14.5. The smallest absolute Gasteiger partial charge is 0.137 e. The highest BCUT2D eigenvalue weighted by Crippen LogP contribution is 2.13. The van der Waals surface area contributed by atoms with Gasteiger partial charge in [0.05, 0.1) is 12.1 Å². The van der Waals surface area contributed by atoms with Crippen molar-refractivity contribution in [2.45, 2.75) is 6.54 Å². The Morgan fingerprint density at radius 3 is 2.62 bits per heavy atom. The third-order valence-corrected chi connectivity index (χ3v) is 3.69. The van der Waals surface area contributed by atoms with Crippen molar-refractivity contribution in [1.29, 1.82) is 5.26 Å². The summed E-state index contributed by atoms with van der Waals surface area (Å²) >= 11 is 0. The molecule has 2 aromatic heterocycles. The van der Waals surface area contributed by atoms with E-state index in [1.807, 2.05) is 16.8 Å². The number of pyridine rings is 1. The average Bonchev–Trinajstić information content (AvgIpc) is 3.07. The largest absolute Gasteiger partial charge is 0.354 e. The predicted molar refractivity (Wildman–Crippen MR) is 77.6 cm³/mol. The van der Waals surface area contributed by atoms with Crippen LogP contribution in [0, 0.1) is 11.3 Å². The van der Waals surface area contributed by atoms with E-state index in [0.29, 0.717) is 5.56 Å². The molecule has 0 amide bonds. The van der Waals surface area contributed by atoms with Crippen LogP contribution in [0.3, 0.4) is 0 Å². The second kappa shape index (κ2) is 6.33. The summed E-state index contributed by atoms with van der Waals surface area (Å²) in [4.78, 5) is 13.0. The van der Waals surface area contributed by atoms with Crippen LogP contribution in [-0.2, 0) is 6.54 Å². The van der Waals surface area contributed by atoms with Gasteiger partial charge in [-0.25, -0.2) is 9.97 Å². The Balaban J connectivity index is 1.49. The summed E-state index contributed by atoms with van der Waals surface area (Å²) in [7, 11) is 0. The number of nitrogens with zero attached hydrogens (tertiary/aromatic N) is 7. The Morgan fingerprint density at radius 2 is 2.00 bits per heavy atom. The maximum absolute atomic E-state index is 8.79. The Bertz CT molecular complexity index is 591. The van der Waals surface area contributed by atoms with Crippen molar-refractivity contribution in [3.05, 3.63) is 36.5 Å². The first-order chi connectivity index (χ1) is 10.3. The molecule has 0 aromatic carbocycles. The highest BCUT2D eigenvalue weighted by Gasteiger charge is 2.17. The molecule has 0 unspecified atom stereocenters. The second-order valence-electron chi connectivity index (χ2n) is 5.00. The van der Waals surface area contributed by atoms with Crippen molar-refractivity contribution >= 4 is 5.82 Å². The highest BCUT2D eigenvalue weighted by molar-refractivity contribution is 5.42. The number of piperazine rings is 1. The summed E-state index contributed by atoms with van der Waals surface area (Å²) in [5.41, 5.74) is 0.602. The molecule has 1 aliphatic rings. The zero-order valence-corrected chi connectivity index (χ0v) is 11.8. The topological polar surface area (TPSA) is 73.9 Å².